The molecule has 1 amide bonds. The molecule has 0 spiro atoms. The summed E-state index contributed by atoms with van der Waals surface area (Å²) in [5, 5.41) is 3.23. The lowest BCUT2D eigenvalue weighted by Gasteiger charge is -2.03. The number of carbonyl (C=O) groups excluding carboxylic acids is 1. The molecule has 1 aliphatic heterocycles. The molecule has 0 bridgehead atoms. The number of likely N-dealkylation sites (N-methyl/N-ethyl adjacent to an activating group) is 1. The van der Waals surface area contributed by atoms with Crippen LogP contribution >= 0.6 is 12.2 Å². The third kappa shape index (κ3) is 2.12. The zero-order chi connectivity index (χ0) is 12.4. The molecular weight excluding hydrogens is 238 g/mol. The van der Waals surface area contributed by atoms with Gasteiger partial charge in [0.05, 0.1) is 7.11 Å². The molecule has 1 aromatic heterocycles. The minimum absolute atomic E-state index is 0.166. The SMILES string of the molecule is COc1ncccc1/C=C1\NC(=S)N(C)C1=O. The fourth-order valence-electron chi connectivity index (χ4n) is 1.46. The lowest BCUT2D eigenvalue weighted by molar-refractivity contribution is -0.121. The van der Waals surface area contributed by atoms with Crippen molar-refractivity contribution in [3.63, 3.8) is 0 Å². The van der Waals surface area contributed by atoms with Crippen LogP contribution in [0.3, 0.4) is 0 Å². The van der Waals surface area contributed by atoms with E-state index in [0.717, 1.165) is 5.56 Å². The van der Waals surface area contributed by atoms with Gasteiger partial charge in [-0.2, -0.15) is 0 Å². The maximum atomic E-state index is 11.8. The van der Waals surface area contributed by atoms with E-state index in [2.05, 4.69) is 10.3 Å². The lowest BCUT2D eigenvalue weighted by Crippen LogP contribution is -2.25. The molecule has 2 rings (SSSR count). The minimum Gasteiger partial charge on any atom is -0.481 e. The zero-order valence-electron chi connectivity index (χ0n) is 9.43. The Morgan fingerprint density at radius 1 is 1.59 bits per heavy atom. The van der Waals surface area contributed by atoms with Gasteiger partial charge in [-0.1, -0.05) is 0 Å². The molecule has 0 saturated carbocycles. The molecule has 17 heavy (non-hydrogen) atoms. The van der Waals surface area contributed by atoms with Crippen LogP contribution in [-0.2, 0) is 4.79 Å². The Bertz CT molecular complexity index is 513. The van der Waals surface area contributed by atoms with E-state index in [1.54, 1.807) is 25.4 Å². The minimum atomic E-state index is -0.166. The van der Waals surface area contributed by atoms with Gasteiger partial charge < -0.3 is 10.1 Å². The molecule has 0 aromatic carbocycles. The Morgan fingerprint density at radius 2 is 2.35 bits per heavy atom. The van der Waals surface area contributed by atoms with Crippen LogP contribution in [0.1, 0.15) is 5.56 Å². The first-order valence-electron chi connectivity index (χ1n) is 4.93. The fourth-order valence-corrected chi connectivity index (χ4v) is 1.66. The molecule has 5 nitrogen and oxygen atoms in total. The normalized spacial score (nSPS) is 17.5. The van der Waals surface area contributed by atoms with Crippen molar-refractivity contribution in [1.82, 2.24) is 15.2 Å². The highest BCUT2D eigenvalue weighted by Gasteiger charge is 2.27. The number of aromatic nitrogens is 1. The first-order valence-corrected chi connectivity index (χ1v) is 5.34. The summed E-state index contributed by atoms with van der Waals surface area (Å²) in [5.41, 5.74) is 1.15. The summed E-state index contributed by atoms with van der Waals surface area (Å²) in [4.78, 5) is 17.2. The summed E-state index contributed by atoms with van der Waals surface area (Å²) in [7, 11) is 3.16. The van der Waals surface area contributed by atoms with Crippen LogP contribution in [0.2, 0.25) is 0 Å². The van der Waals surface area contributed by atoms with Gasteiger partial charge in [0.15, 0.2) is 5.11 Å². The fraction of sp³-hybridized carbons (Fsp3) is 0.182. The van der Waals surface area contributed by atoms with Gasteiger partial charge in [-0.3, -0.25) is 9.69 Å². The number of nitrogens with one attached hydrogen (secondary N) is 1. The second-order valence-corrected chi connectivity index (χ2v) is 3.84. The van der Waals surface area contributed by atoms with Crippen LogP contribution in [0.5, 0.6) is 5.88 Å². The predicted molar refractivity (Wildman–Crippen MR) is 67.3 cm³/mol. The van der Waals surface area contributed by atoms with Crippen molar-refractivity contribution in [1.29, 1.82) is 0 Å². The number of amides is 1. The molecule has 1 aliphatic rings. The number of rotatable bonds is 2. The molecule has 1 aromatic rings. The molecule has 0 atom stereocenters. The average Bonchev–Trinajstić information content (AvgIpc) is 2.58. The topological polar surface area (TPSA) is 54.5 Å². The Morgan fingerprint density at radius 3 is 2.94 bits per heavy atom. The number of thiocarbonyl (C=S) groups is 1. The second-order valence-electron chi connectivity index (χ2n) is 3.45. The van der Waals surface area contributed by atoms with Crippen molar-refractivity contribution >= 4 is 29.3 Å². The second kappa shape index (κ2) is 4.50. The van der Waals surface area contributed by atoms with E-state index in [-0.39, 0.29) is 5.91 Å². The van der Waals surface area contributed by atoms with E-state index >= 15 is 0 Å². The number of ether oxygens (including phenoxy) is 1. The molecular formula is C11H11N3O2S. The zero-order valence-corrected chi connectivity index (χ0v) is 10.2. The van der Waals surface area contributed by atoms with Gasteiger partial charge in [0, 0.05) is 18.8 Å². The number of pyridine rings is 1. The van der Waals surface area contributed by atoms with Crippen molar-refractivity contribution in [3.8, 4) is 5.88 Å². The van der Waals surface area contributed by atoms with E-state index in [1.165, 1.54) is 12.0 Å². The van der Waals surface area contributed by atoms with E-state index < -0.39 is 0 Å². The number of methoxy groups -OCH3 is 1. The molecule has 0 aliphatic carbocycles. The van der Waals surface area contributed by atoms with Gasteiger partial charge in [0.25, 0.3) is 5.91 Å². The Balaban J connectivity index is 2.37. The standard InChI is InChI=1S/C11H11N3O2S/c1-14-10(15)8(13-11(14)17)6-7-4-3-5-12-9(7)16-2/h3-6H,1-2H3,(H,13,17)/b8-6-. The molecule has 1 fully saturated rings. The van der Waals surface area contributed by atoms with Crippen molar-refractivity contribution in [3.05, 3.63) is 29.6 Å². The third-order valence-corrected chi connectivity index (χ3v) is 2.75. The summed E-state index contributed by atoms with van der Waals surface area (Å²) in [6.45, 7) is 0. The average molecular weight is 249 g/mol. The quantitative estimate of drug-likeness (QED) is 0.620. The van der Waals surface area contributed by atoms with Gasteiger partial charge in [-0.15, -0.1) is 0 Å². The summed E-state index contributed by atoms with van der Waals surface area (Å²) < 4.78 is 5.10. The largest absolute Gasteiger partial charge is 0.481 e. The van der Waals surface area contributed by atoms with Gasteiger partial charge in [-0.25, -0.2) is 4.98 Å². The predicted octanol–water partition coefficient (Wildman–Crippen LogP) is 0.778. The first kappa shape index (κ1) is 11.5. The molecule has 88 valence electrons. The third-order valence-electron chi connectivity index (χ3n) is 2.38. The molecule has 6 heteroatoms. The number of nitrogens with zero attached hydrogens (tertiary/aromatic N) is 2. The lowest BCUT2D eigenvalue weighted by atomic mass is 10.2. The van der Waals surface area contributed by atoms with Crippen molar-refractivity contribution in [2.75, 3.05) is 14.2 Å². The molecule has 1 N–H and O–H groups in total. The van der Waals surface area contributed by atoms with Crippen molar-refractivity contribution in [2.24, 2.45) is 0 Å². The summed E-state index contributed by atoms with van der Waals surface area (Å²) in [6.07, 6.45) is 3.30. The number of hydrogen-bond donors (Lipinski definition) is 1. The van der Waals surface area contributed by atoms with E-state index in [9.17, 15) is 4.79 Å². The maximum absolute atomic E-state index is 11.8. The first-order chi connectivity index (χ1) is 8.13. The van der Waals surface area contributed by atoms with Crippen LogP contribution in [0.4, 0.5) is 0 Å². The summed E-state index contributed by atoms with van der Waals surface area (Å²) >= 11 is 4.98. The highest BCUT2D eigenvalue weighted by Crippen LogP contribution is 2.19. The van der Waals surface area contributed by atoms with Crippen LogP contribution in [0.25, 0.3) is 6.08 Å². The van der Waals surface area contributed by atoms with Crippen LogP contribution in [-0.4, -0.2) is 35.1 Å². The van der Waals surface area contributed by atoms with Crippen LogP contribution in [0.15, 0.2) is 24.0 Å². The Hall–Kier alpha value is -1.95. The van der Waals surface area contributed by atoms with E-state index in [4.69, 9.17) is 17.0 Å². The van der Waals surface area contributed by atoms with Crippen LogP contribution < -0.4 is 10.1 Å². The van der Waals surface area contributed by atoms with Crippen molar-refractivity contribution < 1.29 is 9.53 Å². The monoisotopic (exact) mass is 249 g/mol. The highest BCUT2D eigenvalue weighted by molar-refractivity contribution is 7.80. The highest BCUT2D eigenvalue weighted by atomic mass is 32.1. The Labute approximate surface area is 104 Å². The Kier molecular flexibility index (Phi) is 3.06. The van der Waals surface area contributed by atoms with E-state index in [0.29, 0.717) is 16.7 Å². The smallest absolute Gasteiger partial charge is 0.276 e. The van der Waals surface area contributed by atoms with Crippen molar-refractivity contribution in [2.45, 2.75) is 0 Å². The van der Waals surface area contributed by atoms with Gasteiger partial charge >= 0.3 is 0 Å². The van der Waals surface area contributed by atoms with E-state index in [1.807, 2.05) is 6.07 Å². The van der Waals surface area contributed by atoms with Gasteiger partial charge in [0.1, 0.15) is 5.70 Å². The molecule has 2 heterocycles. The van der Waals surface area contributed by atoms with Gasteiger partial charge in [-0.05, 0) is 30.4 Å². The number of carbonyl (C=O) groups is 1. The molecule has 0 unspecified atom stereocenters. The van der Waals surface area contributed by atoms with Crippen LogP contribution in [0, 0.1) is 0 Å². The summed E-state index contributed by atoms with van der Waals surface area (Å²) in [5.74, 6) is 0.302. The molecule has 1 saturated heterocycles. The molecule has 0 radical (unpaired) electrons. The maximum Gasteiger partial charge on any atom is 0.276 e. The number of hydrogen-bond acceptors (Lipinski definition) is 4. The summed E-state index contributed by atoms with van der Waals surface area (Å²) in [6, 6.07) is 3.59. The van der Waals surface area contributed by atoms with Gasteiger partial charge in [0.2, 0.25) is 5.88 Å².